The fourth-order valence-corrected chi connectivity index (χ4v) is 2.55. The van der Waals surface area contributed by atoms with Crippen LogP contribution in [0.5, 0.6) is 5.75 Å². The average Bonchev–Trinajstić information content (AvgIpc) is 2.46. The van der Waals surface area contributed by atoms with E-state index in [2.05, 4.69) is 15.9 Å². The Kier molecular flexibility index (Phi) is 3.81. The predicted octanol–water partition coefficient (Wildman–Crippen LogP) is 4.08. The maximum Gasteiger partial charge on any atom is 0.343 e. The van der Waals surface area contributed by atoms with Crippen LogP contribution in [-0.2, 0) is 0 Å². The predicted molar refractivity (Wildman–Crippen MR) is 86.3 cm³/mol. The molecule has 0 fully saturated rings. The van der Waals surface area contributed by atoms with Gasteiger partial charge in [0.05, 0.1) is 5.56 Å². The highest BCUT2D eigenvalue weighted by molar-refractivity contribution is 9.10. The smallest absolute Gasteiger partial charge is 0.343 e. The molecule has 0 aliphatic carbocycles. The summed E-state index contributed by atoms with van der Waals surface area (Å²) in [7, 11) is 0. The Labute approximate surface area is 134 Å². The van der Waals surface area contributed by atoms with Crippen LogP contribution in [0.25, 0.3) is 11.0 Å². The van der Waals surface area contributed by atoms with Crippen molar-refractivity contribution in [2.45, 2.75) is 6.92 Å². The lowest BCUT2D eigenvalue weighted by Crippen LogP contribution is -2.08. The number of benzene rings is 2. The normalized spacial score (nSPS) is 10.6. The van der Waals surface area contributed by atoms with Crippen molar-refractivity contribution in [2.75, 3.05) is 0 Å². The minimum atomic E-state index is -0.476. The van der Waals surface area contributed by atoms with Crippen LogP contribution in [0.15, 0.2) is 62.2 Å². The molecule has 0 bridgehead atoms. The molecule has 1 heterocycles. The summed E-state index contributed by atoms with van der Waals surface area (Å²) in [5.41, 5.74) is 1.21. The first-order valence-corrected chi connectivity index (χ1v) is 7.34. The summed E-state index contributed by atoms with van der Waals surface area (Å²) in [6, 6.07) is 13.3. The van der Waals surface area contributed by atoms with Crippen LogP contribution in [0.2, 0.25) is 0 Å². The molecule has 0 aliphatic heterocycles. The fourth-order valence-electron chi connectivity index (χ4n) is 2.15. The molecule has 5 heteroatoms. The van der Waals surface area contributed by atoms with Gasteiger partial charge in [0.25, 0.3) is 0 Å². The Morgan fingerprint density at radius 2 is 1.95 bits per heavy atom. The number of carbonyl (C=O) groups excluding carboxylic acids is 1. The molecule has 0 saturated heterocycles. The van der Waals surface area contributed by atoms with Crippen molar-refractivity contribution in [3.8, 4) is 5.75 Å². The minimum Gasteiger partial charge on any atom is -0.423 e. The van der Waals surface area contributed by atoms with Crippen molar-refractivity contribution in [3.05, 3.63) is 74.6 Å². The van der Waals surface area contributed by atoms with Crippen LogP contribution in [-0.4, -0.2) is 5.97 Å². The summed E-state index contributed by atoms with van der Waals surface area (Å²) in [6.07, 6.45) is 0. The molecule has 0 atom stereocenters. The van der Waals surface area contributed by atoms with Crippen molar-refractivity contribution >= 4 is 32.9 Å². The molecular formula is C17H11BrO4. The number of fused-ring (bicyclic) bond motifs is 1. The van der Waals surface area contributed by atoms with Gasteiger partial charge in [0.1, 0.15) is 11.3 Å². The van der Waals surface area contributed by atoms with Crippen molar-refractivity contribution in [3.63, 3.8) is 0 Å². The zero-order valence-electron chi connectivity index (χ0n) is 11.6. The number of rotatable bonds is 2. The lowest BCUT2D eigenvalue weighted by atomic mass is 10.1. The summed E-state index contributed by atoms with van der Waals surface area (Å²) in [6.45, 7) is 1.83. The highest BCUT2D eigenvalue weighted by Gasteiger charge is 2.10. The third kappa shape index (κ3) is 2.94. The number of aryl methyl sites for hydroxylation is 1. The molecule has 0 saturated carbocycles. The number of hydrogen-bond acceptors (Lipinski definition) is 4. The number of hydrogen-bond donors (Lipinski definition) is 0. The van der Waals surface area contributed by atoms with Gasteiger partial charge in [-0.2, -0.15) is 0 Å². The Morgan fingerprint density at radius 1 is 1.14 bits per heavy atom. The van der Waals surface area contributed by atoms with E-state index in [9.17, 15) is 9.59 Å². The quantitative estimate of drug-likeness (QED) is 0.393. The standard InChI is InChI=1S/C17H11BrO4/c1-10-7-16(19)22-15-9-13(5-6-14(10)15)21-17(20)11-3-2-4-12(18)8-11/h2-9H,1H3. The summed E-state index contributed by atoms with van der Waals surface area (Å²) < 4.78 is 11.3. The summed E-state index contributed by atoms with van der Waals surface area (Å²) in [5, 5.41) is 0.807. The van der Waals surface area contributed by atoms with Crippen molar-refractivity contribution in [1.29, 1.82) is 0 Å². The molecule has 0 aliphatic rings. The third-order valence-corrected chi connectivity index (χ3v) is 3.69. The van der Waals surface area contributed by atoms with Gasteiger partial charge in [-0.1, -0.05) is 22.0 Å². The highest BCUT2D eigenvalue weighted by atomic mass is 79.9. The average molecular weight is 359 g/mol. The third-order valence-electron chi connectivity index (χ3n) is 3.19. The summed E-state index contributed by atoms with van der Waals surface area (Å²) in [5.74, 6) is -0.151. The van der Waals surface area contributed by atoms with E-state index in [1.807, 2.05) is 13.0 Å². The Hall–Kier alpha value is -2.40. The molecule has 3 aromatic rings. The van der Waals surface area contributed by atoms with Gasteiger partial charge < -0.3 is 9.15 Å². The lowest BCUT2D eigenvalue weighted by Gasteiger charge is -2.06. The van der Waals surface area contributed by atoms with Crippen molar-refractivity contribution < 1.29 is 13.9 Å². The van der Waals surface area contributed by atoms with E-state index in [0.29, 0.717) is 16.9 Å². The molecule has 0 unspecified atom stereocenters. The van der Waals surface area contributed by atoms with Crippen molar-refractivity contribution in [2.24, 2.45) is 0 Å². The van der Waals surface area contributed by atoms with E-state index in [0.717, 1.165) is 15.4 Å². The van der Waals surface area contributed by atoms with Gasteiger partial charge in [-0.3, -0.25) is 0 Å². The van der Waals surface area contributed by atoms with Crippen molar-refractivity contribution in [1.82, 2.24) is 0 Å². The van der Waals surface area contributed by atoms with Gasteiger partial charge in [0, 0.05) is 22.0 Å². The molecule has 2 aromatic carbocycles. The molecule has 3 rings (SSSR count). The lowest BCUT2D eigenvalue weighted by molar-refractivity contribution is 0.0735. The molecule has 22 heavy (non-hydrogen) atoms. The first-order chi connectivity index (χ1) is 10.5. The highest BCUT2D eigenvalue weighted by Crippen LogP contribution is 2.23. The summed E-state index contributed by atoms with van der Waals surface area (Å²) in [4.78, 5) is 23.5. The van der Waals surface area contributed by atoms with Gasteiger partial charge in [-0.05, 0) is 42.8 Å². The van der Waals surface area contributed by atoms with E-state index < -0.39 is 11.6 Å². The zero-order valence-corrected chi connectivity index (χ0v) is 13.2. The van der Waals surface area contributed by atoms with E-state index >= 15 is 0 Å². The Balaban J connectivity index is 1.94. The van der Waals surface area contributed by atoms with E-state index in [-0.39, 0.29) is 0 Å². The molecule has 0 radical (unpaired) electrons. The topological polar surface area (TPSA) is 56.5 Å². The van der Waals surface area contributed by atoms with E-state index in [1.54, 1.807) is 36.4 Å². The Morgan fingerprint density at radius 3 is 2.73 bits per heavy atom. The number of halogens is 1. The van der Waals surface area contributed by atoms with Gasteiger partial charge in [-0.15, -0.1) is 0 Å². The molecule has 0 N–H and O–H groups in total. The van der Waals surface area contributed by atoms with Crippen LogP contribution in [0.4, 0.5) is 0 Å². The second kappa shape index (κ2) is 5.77. The Bertz CT molecular complexity index is 927. The largest absolute Gasteiger partial charge is 0.423 e. The zero-order chi connectivity index (χ0) is 15.7. The van der Waals surface area contributed by atoms with Gasteiger partial charge in [-0.25, -0.2) is 9.59 Å². The number of esters is 1. The van der Waals surface area contributed by atoms with E-state index in [4.69, 9.17) is 9.15 Å². The second-order valence-corrected chi connectivity index (χ2v) is 5.72. The van der Waals surface area contributed by atoms with E-state index in [1.165, 1.54) is 6.07 Å². The van der Waals surface area contributed by atoms with Crippen LogP contribution in [0.3, 0.4) is 0 Å². The molecule has 0 amide bonds. The second-order valence-electron chi connectivity index (χ2n) is 4.81. The maximum atomic E-state index is 12.1. The van der Waals surface area contributed by atoms with Crippen LogP contribution >= 0.6 is 15.9 Å². The number of ether oxygens (including phenoxy) is 1. The monoisotopic (exact) mass is 358 g/mol. The number of carbonyl (C=O) groups is 1. The van der Waals surface area contributed by atoms with Crippen LogP contribution in [0.1, 0.15) is 15.9 Å². The van der Waals surface area contributed by atoms with Gasteiger partial charge >= 0.3 is 11.6 Å². The minimum absolute atomic E-state index is 0.325. The molecule has 110 valence electrons. The fraction of sp³-hybridized carbons (Fsp3) is 0.0588. The first kappa shape index (κ1) is 14.5. The SMILES string of the molecule is Cc1cc(=O)oc2cc(OC(=O)c3cccc(Br)c3)ccc12. The van der Waals surface area contributed by atoms with Gasteiger partial charge in [0.2, 0.25) is 0 Å². The van der Waals surface area contributed by atoms with Gasteiger partial charge in [0.15, 0.2) is 0 Å². The van der Waals surface area contributed by atoms with Crippen LogP contribution < -0.4 is 10.4 Å². The molecule has 1 aromatic heterocycles. The summed E-state index contributed by atoms with van der Waals surface area (Å²) >= 11 is 3.31. The molecular weight excluding hydrogens is 348 g/mol. The first-order valence-electron chi connectivity index (χ1n) is 6.55. The molecule has 0 spiro atoms. The maximum absolute atomic E-state index is 12.1. The molecule has 4 nitrogen and oxygen atoms in total. The van der Waals surface area contributed by atoms with Crippen LogP contribution in [0, 0.1) is 6.92 Å².